The van der Waals surface area contributed by atoms with E-state index >= 15 is 0 Å². The van der Waals surface area contributed by atoms with Crippen LogP contribution in [0.3, 0.4) is 0 Å². The van der Waals surface area contributed by atoms with Crippen LogP contribution in [0.5, 0.6) is 0 Å². The van der Waals surface area contributed by atoms with Gasteiger partial charge in [0.15, 0.2) is 0 Å². The highest BCUT2D eigenvalue weighted by Crippen LogP contribution is 2.36. The molecule has 0 aliphatic heterocycles. The zero-order valence-corrected chi connectivity index (χ0v) is 16.4. The number of unbranched alkanes of at least 4 members (excludes halogenated alkanes) is 1. The Morgan fingerprint density at radius 2 is 2.04 bits per heavy atom. The summed E-state index contributed by atoms with van der Waals surface area (Å²) >= 11 is 0. The molecule has 0 saturated carbocycles. The first-order valence-electron chi connectivity index (χ1n) is 9.50. The third kappa shape index (κ3) is 6.65. The van der Waals surface area contributed by atoms with Gasteiger partial charge in [-0.15, -0.1) is 0 Å². The minimum Gasteiger partial charge on any atom is -0.299 e. The smallest absolute Gasteiger partial charge is 0.0172 e. The van der Waals surface area contributed by atoms with Gasteiger partial charge in [0.1, 0.15) is 0 Å². The zero-order valence-electron chi connectivity index (χ0n) is 16.4. The maximum atomic E-state index is 3.70. The Kier molecular flexibility index (Phi) is 9.71. The topological polar surface area (TPSA) is 3.24 Å². The first-order valence-corrected chi connectivity index (χ1v) is 9.50. The number of nitrogens with zero attached hydrogens (tertiary/aromatic N) is 1. The molecule has 0 aromatic carbocycles. The number of rotatable bonds is 9. The van der Waals surface area contributed by atoms with Crippen LogP contribution in [0.4, 0.5) is 0 Å². The van der Waals surface area contributed by atoms with Crippen molar-refractivity contribution in [3.05, 3.63) is 60.8 Å². The molecule has 1 aliphatic rings. The average Bonchev–Trinajstić information content (AvgIpc) is 2.53. The molecule has 1 aliphatic carbocycles. The third-order valence-corrected chi connectivity index (χ3v) is 5.02. The van der Waals surface area contributed by atoms with E-state index in [-0.39, 0.29) is 0 Å². The molecule has 0 radical (unpaired) electrons. The van der Waals surface area contributed by atoms with Crippen molar-refractivity contribution in [3.8, 4) is 0 Å². The summed E-state index contributed by atoms with van der Waals surface area (Å²) in [5.74, 6) is 1.89. The lowest BCUT2D eigenvalue weighted by Crippen LogP contribution is -2.44. The molecule has 0 N–H and O–H groups in total. The van der Waals surface area contributed by atoms with Crippen molar-refractivity contribution < 1.29 is 0 Å². The summed E-state index contributed by atoms with van der Waals surface area (Å²) in [7, 11) is 2.27. The van der Waals surface area contributed by atoms with Gasteiger partial charge in [0, 0.05) is 18.5 Å². The molecule has 0 heterocycles. The van der Waals surface area contributed by atoms with E-state index in [4.69, 9.17) is 0 Å². The molecule has 0 aromatic rings. The SMILES string of the molecule is C=C/C=C\C=C\CN(C)C1CC(C)C=C(C)C1C(C)/C=C\CCC. The minimum atomic E-state index is 0.595. The van der Waals surface area contributed by atoms with Crippen LogP contribution in [0, 0.1) is 17.8 Å². The van der Waals surface area contributed by atoms with Gasteiger partial charge in [0.2, 0.25) is 0 Å². The Labute approximate surface area is 150 Å². The Balaban J connectivity index is 2.82. The van der Waals surface area contributed by atoms with E-state index in [2.05, 4.69) is 76.6 Å². The first kappa shape index (κ1) is 20.7. The molecule has 134 valence electrons. The number of allylic oxidation sites excluding steroid dienone is 7. The summed E-state index contributed by atoms with van der Waals surface area (Å²) in [6, 6.07) is 0.610. The molecule has 0 amide bonds. The largest absolute Gasteiger partial charge is 0.299 e. The molecule has 0 fully saturated rings. The summed E-state index contributed by atoms with van der Waals surface area (Å²) in [6.07, 6.45) is 21.1. The van der Waals surface area contributed by atoms with Gasteiger partial charge in [-0.2, -0.15) is 0 Å². The van der Waals surface area contributed by atoms with Gasteiger partial charge in [-0.1, -0.05) is 88.0 Å². The predicted molar refractivity (Wildman–Crippen MR) is 109 cm³/mol. The second kappa shape index (κ2) is 11.3. The fourth-order valence-corrected chi connectivity index (χ4v) is 3.86. The van der Waals surface area contributed by atoms with Crippen LogP contribution in [-0.2, 0) is 0 Å². The molecule has 4 atom stereocenters. The van der Waals surface area contributed by atoms with Crippen LogP contribution in [-0.4, -0.2) is 24.5 Å². The molecule has 1 heteroatoms. The van der Waals surface area contributed by atoms with Crippen LogP contribution in [0.1, 0.15) is 47.0 Å². The van der Waals surface area contributed by atoms with Gasteiger partial charge in [-0.05, 0) is 38.6 Å². The summed E-state index contributed by atoms with van der Waals surface area (Å²) in [6.45, 7) is 14.0. The molecular weight excluding hydrogens is 290 g/mol. The molecular formula is C23H37N. The van der Waals surface area contributed by atoms with E-state index in [0.717, 1.165) is 6.54 Å². The predicted octanol–water partition coefficient (Wildman–Crippen LogP) is 6.18. The molecule has 1 nitrogen and oxygen atoms in total. The molecule has 24 heavy (non-hydrogen) atoms. The van der Waals surface area contributed by atoms with Crippen LogP contribution >= 0.6 is 0 Å². The summed E-state index contributed by atoms with van der Waals surface area (Å²) in [4.78, 5) is 2.53. The van der Waals surface area contributed by atoms with E-state index in [1.807, 2.05) is 18.2 Å². The van der Waals surface area contributed by atoms with Gasteiger partial charge in [0.05, 0.1) is 0 Å². The molecule has 0 aromatic heterocycles. The molecule has 4 unspecified atom stereocenters. The van der Waals surface area contributed by atoms with E-state index in [1.165, 1.54) is 19.3 Å². The van der Waals surface area contributed by atoms with Crippen LogP contribution in [0.15, 0.2) is 60.8 Å². The quantitative estimate of drug-likeness (QED) is 0.361. The first-order chi connectivity index (χ1) is 11.5. The highest BCUT2D eigenvalue weighted by atomic mass is 15.1. The molecule has 0 bridgehead atoms. The number of hydrogen-bond acceptors (Lipinski definition) is 1. The zero-order chi connectivity index (χ0) is 17.9. The van der Waals surface area contributed by atoms with Crippen molar-refractivity contribution >= 4 is 0 Å². The van der Waals surface area contributed by atoms with Crippen LogP contribution in [0.2, 0.25) is 0 Å². The lowest BCUT2D eigenvalue weighted by Gasteiger charge is -2.42. The highest BCUT2D eigenvalue weighted by molar-refractivity contribution is 5.17. The maximum absolute atomic E-state index is 3.70. The van der Waals surface area contributed by atoms with Gasteiger partial charge in [0.25, 0.3) is 0 Å². The Hall–Kier alpha value is -1.34. The highest BCUT2D eigenvalue weighted by Gasteiger charge is 2.33. The van der Waals surface area contributed by atoms with Crippen molar-refractivity contribution in [2.45, 2.75) is 53.0 Å². The van der Waals surface area contributed by atoms with Gasteiger partial charge < -0.3 is 0 Å². The Morgan fingerprint density at radius 1 is 1.29 bits per heavy atom. The van der Waals surface area contributed by atoms with Crippen molar-refractivity contribution in [1.29, 1.82) is 0 Å². The standard InChI is InChI=1S/C23H37N/c1-7-9-11-12-14-16-24(6)22-18-19(3)17-21(5)23(22)20(4)15-13-10-8-2/h7,9,11-15,17,19-20,22-23H,1,8,10,16,18H2,2-6H3/b11-9-,14-12+,15-13-. The summed E-state index contributed by atoms with van der Waals surface area (Å²) < 4.78 is 0. The number of likely N-dealkylation sites (N-methyl/N-ethyl adjacent to an activating group) is 1. The molecule has 1 rings (SSSR count). The fraction of sp³-hybridized carbons (Fsp3) is 0.565. The summed E-state index contributed by atoms with van der Waals surface area (Å²) in [5.41, 5.74) is 1.56. The monoisotopic (exact) mass is 327 g/mol. The minimum absolute atomic E-state index is 0.595. The Bertz CT molecular complexity index is 480. The van der Waals surface area contributed by atoms with Gasteiger partial charge in [-0.25, -0.2) is 0 Å². The van der Waals surface area contributed by atoms with Gasteiger partial charge >= 0.3 is 0 Å². The lowest BCUT2D eigenvalue weighted by atomic mass is 9.73. The molecule has 0 saturated heterocycles. The van der Waals surface area contributed by atoms with Crippen molar-refractivity contribution in [2.24, 2.45) is 17.8 Å². The Morgan fingerprint density at radius 3 is 2.71 bits per heavy atom. The van der Waals surface area contributed by atoms with Gasteiger partial charge in [-0.3, -0.25) is 4.90 Å². The fourth-order valence-electron chi connectivity index (χ4n) is 3.86. The van der Waals surface area contributed by atoms with E-state index < -0.39 is 0 Å². The van der Waals surface area contributed by atoms with Crippen molar-refractivity contribution in [3.63, 3.8) is 0 Å². The third-order valence-electron chi connectivity index (χ3n) is 5.02. The number of hydrogen-bond donors (Lipinski definition) is 0. The van der Waals surface area contributed by atoms with E-state index in [0.29, 0.717) is 23.8 Å². The van der Waals surface area contributed by atoms with E-state index in [1.54, 1.807) is 5.57 Å². The average molecular weight is 328 g/mol. The second-order valence-corrected chi connectivity index (χ2v) is 7.28. The van der Waals surface area contributed by atoms with Crippen LogP contribution < -0.4 is 0 Å². The molecule has 0 spiro atoms. The lowest BCUT2D eigenvalue weighted by molar-refractivity contribution is 0.154. The normalized spacial score (nSPS) is 26.6. The van der Waals surface area contributed by atoms with Crippen molar-refractivity contribution in [1.82, 2.24) is 4.90 Å². The van der Waals surface area contributed by atoms with E-state index in [9.17, 15) is 0 Å². The summed E-state index contributed by atoms with van der Waals surface area (Å²) in [5, 5.41) is 0. The van der Waals surface area contributed by atoms with Crippen LogP contribution in [0.25, 0.3) is 0 Å². The van der Waals surface area contributed by atoms with Crippen molar-refractivity contribution in [2.75, 3.05) is 13.6 Å². The second-order valence-electron chi connectivity index (χ2n) is 7.28. The maximum Gasteiger partial charge on any atom is 0.0172 e.